The molecule has 3 heterocycles. The summed E-state index contributed by atoms with van der Waals surface area (Å²) < 4.78 is 51.5. The van der Waals surface area contributed by atoms with Crippen LogP contribution in [-0.4, -0.2) is 72.1 Å². The summed E-state index contributed by atoms with van der Waals surface area (Å²) in [5.74, 6) is -2.77. The lowest BCUT2D eigenvalue weighted by Crippen LogP contribution is -2.52. The Bertz CT molecular complexity index is 785. The fraction of sp³-hybridized carbons (Fsp3) is 0.600. The number of hydroxylamine groups is 2. The van der Waals surface area contributed by atoms with Gasteiger partial charge in [0.2, 0.25) is 0 Å². The molecule has 0 spiro atoms. The standard InChI is InChI=1S/C18H23FN2O3.C2HF3O2/c19-16-5-2-1-4-13(16)10-20-11-15(14-6-9-23-17(14)12-20)18(22)21-7-3-8-24-21;3-2(4,5)1(6)7/h1-2,4-5,14-15,17H,3,6-12H2;(H,6,7)/t14-,15-,17+;/m0./s1. The number of carboxylic acid groups (broad SMARTS) is 1. The lowest BCUT2D eigenvalue weighted by molar-refractivity contribution is -0.192. The van der Waals surface area contributed by atoms with Crippen molar-refractivity contribution in [1.29, 1.82) is 0 Å². The molecule has 0 bridgehead atoms. The van der Waals surface area contributed by atoms with E-state index in [9.17, 15) is 22.4 Å². The molecule has 11 heteroatoms. The van der Waals surface area contributed by atoms with Crippen LogP contribution in [0.1, 0.15) is 18.4 Å². The van der Waals surface area contributed by atoms with E-state index in [1.54, 1.807) is 12.1 Å². The molecule has 0 unspecified atom stereocenters. The quantitative estimate of drug-likeness (QED) is 0.716. The Morgan fingerprint density at radius 1 is 1.16 bits per heavy atom. The Morgan fingerprint density at radius 3 is 2.48 bits per heavy atom. The van der Waals surface area contributed by atoms with Crippen molar-refractivity contribution in [1.82, 2.24) is 9.96 Å². The number of carbonyl (C=O) groups is 2. The van der Waals surface area contributed by atoms with Gasteiger partial charge in [0.05, 0.1) is 25.2 Å². The van der Waals surface area contributed by atoms with Crippen LogP contribution in [0.5, 0.6) is 0 Å². The summed E-state index contributed by atoms with van der Waals surface area (Å²) in [6.45, 7) is 3.88. The summed E-state index contributed by atoms with van der Waals surface area (Å²) in [5.41, 5.74) is 0.664. The third-order valence-corrected chi connectivity index (χ3v) is 5.58. The summed E-state index contributed by atoms with van der Waals surface area (Å²) in [5, 5.41) is 8.65. The van der Waals surface area contributed by atoms with Crippen LogP contribution in [0.3, 0.4) is 0 Å². The van der Waals surface area contributed by atoms with E-state index >= 15 is 0 Å². The van der Waals surface area contributed by atoms with Crippen molar-refractivity contribution in [2.24, 2.45) is 11.8 Å². The maximum absolute atomic E-state index is 14.0. The van der Waals surface area contributed by atoms with Crippen LogP contribution < -0.4 is 0 Å². The molecule has 3 fully saturated rings. The maximum Gasteiger partial charge on any atom is 0.490 e. The molecule has 0 aromatic heterocycles. The number of amides is 1. The summed E-state index contributed by atoms with van der Waals surface area (Å²) in [6, 6.07) is 6.83. The monoisotopic (exact) mass is 448 g/mol. The van der Waals surface area contributed by atoms with Gasteiger partial charge in [-0.3, -0.25) is 14.5 Å². The van der Waals surface area contributed by atoms with Crippen molar-refractivity contribution in [2.45, 2.75) is 31.7 Å². The highest BCUT2D eigenvalue weighted by Crippen LogP contribution is 2.35. The molecular formula is C20H24F4N2O5. The number of hydrogen-bond donors (Lipinski definition) is 1. The number of aliphatic carboxylic acids is 1. The summed E-state index contributed by atoms with van der Waals surface area (Å²) in [6.07, 6.45) is -3.22. The normalized spacial score (nSPS) is 26.2. The average molecular weight is 448 g/mol. The van der Waals surface area contributed by atoms with Crippen molar-refractivity contribution in [3.05, 3.63) is 35.6 Å². The van der Waals surface area contributed by atoms with Gasteiger partial charge >= 0.3 is 12.1 Å². The first-order valence-corrected chi connectivity index (χ1v) is 9.98. The van der Waals surface area contributed by atoms with E-state index in [1.807, 2.05) is 6.07 Å². The molecule has 0 saturated carbocycles. The second kappa shape index (κ2) is 9.92. The number of likely N-dealkylation sites (tertiary alicyclic amines) is 1. The first-order chi connectivity index (χ1) is 14.7. The number of halogens is 4. The van der Waals surface area contributed by atoms with Crippen LogP contribution in [0.2, 0.25) is 0 Å². The van der Waals surface area contributed by atoms with E-state index in [1.165, 1.54) is 11.1 Å². The Morgan fingerprint density at radius 2 is 1.87 bits per heavy atom. The highest BCUT2D eigenvalue weighted by atomic mass is 19.4. The van der Waals surface area contributed by atoms with Crippen molar-refractivity contribution < 1.29 is 41.8 Å². The summed E-state index contributed by atoms with van der Waals surface area (Å²) >= 11 is 0. The van der Waals surface area contributed by atoms with E-state index in [2.05, 4.69) is 4.90 Å². The van der Waals surface area contributed by atoms with Gasteiger partial charge in [-0.2, -0.15) is 13.2 Å². The predicted octanol–water partition coefficient (Wildman–Crippen LogP) is 2.46. The van der Waals surface area contributed by atoms with Crippen molar-refractivity contribution >= 4 is 11.9 Å². The largest absolute Gasteiger partial charge is 0.490 e. The SMILES string of the molecule is O=C(O)C(F)(F)F.O=C([C@H]1CN(Cc2ccccc2F)C[C@H]2OCC[C@@H]12)N1CCCO1. The van der Waals surface area contributed by atoms with Gasteiger partial charge in [0.15, 0.2) is 0 Å². The third-order valence-electron chi connectivity index (χ3n) is 5.58. The van der Waals surface area contributed by atoms with Crippen LogP contribution in [0.4, 0.5) is 17.6 Å². The number of hydrogen-bond acceptors (Lipinski definition) is 5. The fourth-order valence-electron chi connectivity index (χ4n) is 4.12. The molecule has 3 aliphatic heterocycles. The number of rotatable bonds is 3. The number of carboxylic acids is 1. The zero-order chi connectivity index (χ0) is 22.6. The minimum absolute atomic E-state index is 0.0575. The molecule has 31 heavy (non-hydrogen) atoms. The maximum atomic E-state index is 14.0. The third kappa shape index (κ3) is 5.92. The molecule has 3 atom stereocenters. The molecule has 0 aliphatic carbocycles. The van der Waals surface area contributed by atoms with E-state index in [-0.39, 0.29) is 29.7 Å². The molecule has 4 rings (SSSR count). The zero-order valence-electron chi connectivity index (χ0n) is 16.7. The second-order valence-corrected chi connectivity index (χ2v) is 7.68. The van der Waals surface area contributed by atoms with E-state index in [0.29, 0.717) is 38.4 Å². The molecule has 1 amide bonds. The van der Waals surface area contributed by atoms with Gasteiger partial charge in [0, 0.05) is 37.7 Å². The van der Waals surface area contributed by atoms with E-state index in [0.717, 1.165) is 19.4 Å². The molecule has 1 aromatic rings. The minimum atomic E-state index is -5.08. The minimum Gasteiger partial charge on any atom is -0.475 e. The first-order valence-electron chi connectivity index (χ1n) is 9.98. The first kappa shape index (κ1) is 23.4. The molecule has 7 nitrogen and oxygen atoms in total. The number of alkyl halides is 3. The number of piperidine rings is 1. The molecule has 1 N–H and O–H groups in total. The molecule has 1 aromatic carbocycles. The Labute approximate surface area is 176 Å². The topological polar surface area (TPSA) is 79.3 Å². The van der Waals surface area contributed by atoms with Gasteiger partial charge in [-0.15, -0.1) is 0 Å². The lowest BCUT2D eigenvalue weighted by Gasteiger charge is -2.40. The van der Waals surface area contributed by atoms with Gasteiger partial charge in [-0.05, 0) is 18.9 Å². The number of fused-ring (bicyclic) bond motifs is 1. The number of carbonyl (C=O) groups excluding carboxylic acids is 1. The van der Waals surface area contributed by atoms with Gasteiger partial charge in [-0.1, -0.05) is 18.2 Å². The zero-order valence-corrected chi connectivity index (χ0v) is 16.7. The Kier molecular flexibility index (Phi) is 7.50. The number of benzene rings is 1. The smallest absolute Gasteiger partial charge is 0.475 e. The molecule has 3 saturated heterocycles. The average Bonchev–Trinajstić information content (AvgIpc) is 3.40. The number of ether oxygens (including phenoxy) is 1. The second-order valence-electron chi connectivity index (χ2n) is 7.68. The molecule has 3 aliphatic rings. The van der Waals surface area contributed by atoms with Crippen LogP contribution in [-0.2, 0) is 25.7 Å². The van der Waals surface area contributed by atoms with Crippen LogP contribution >= 0.6 is 0 Å². The molecule has 0 radical (unpaired) electrons. The Balaban J connectivity index is 0.000000339. The van der Waals surface area contributed by atoms with Crippen molar-refractivity contribution in [3.63, 3.8) is 0 Å². The van der Waals surface area contributed by atoms with Crippen molar-refractivity contribution in [3.8, 4) is 0 Å². The van der Waals surface area contributed by atoms with Gasteiger partial charge in [0.25, 0.3) is 5.91 Å². The molecule has 172 valence electrons. The molecular weight excluding hydrogens is 424 g/mol. The highest BCUT2D eigenvalue weighted by Gasteiger charge is 2.45. The predicted molar refractivity (Wildman–Crippen MR) is 99.0 cm³/mol. The van der Waals surface area contributed by atoms with Crippen LogP contribution in [0.25, 0.3) is 0 Å². The van der Waals surface area contributed by atoms with Gasteiger partial charge in [-0.25, -0.2) is 14.2 Å². The highest BCUT2D eigenvalue weighted by molar-refractivity contribution is 5.79. The Hall–Kier alpha value is -2.24. The van der Waals surface area contributed by atoms with Gasteiger partial charge < -0.3 is 9.84 Å². The fourth-order valence-corrected chi connectivity index (χ4v) is 4.12. The lowest BCUT2D eigenvalue weighted by atomic mass is 9.82. The van der Waals surface area contributed by atoms with Crippen molar-refractivity contribution in [2.75, 3.05) is 32.8 Å². The summed E-state index contributed by atoms with van der Waals surface area (Å²) in [7, 11) is 0. The van der Waals surface area contributed by atoms with E-state index < -0.39 is 12.1 Å². The van der Waals surface area contributed by atoms with Crippen LogP contribution in [0.15, 0.2) is 24.3 Å². The summed E-state index contributed by atoms with van der Waals surface area (Å²) in [4.78, 5) is 29.3. The number of nitrogens with zero attached hydrogens (tertiary/aromatic N) is 2. The van der Waals surface area contributed by atoms with Gasteiger partial charge in [0.1, 0.15) is 5.82 Å². The van der Waals surface area contributed by atoms with Crippen LogP contribution in [0, 0.1) is 17.7 Å². The van der Waals surface area contributed by atoms with E-state index in [4.69, 9.17) is 19.5 Å².